The van der Waals surface area contributed by atoms with Crippen LogP contribution in [0.15, 0.2) is 71.8 Å². The fourth-order valence-corrected chi connectivity index (χ4v) is 4.84. The van der Waals surface area contributed by atoms with Gasteiger partial charge < -0.3 is 34.2 Å². The van der Waals surface area contributed by atoms with Crippen molar-refractivity contribution >= 4 is 61.9 Å². The zero-order valence-electron chi connectivity index (χ0n) is 32.2. The number of carbonyl (C=O) groups is 3. The van der Waals surface area contributed by atoms with Crippen molar-refractivity contribution in [3.8, 4) is 11.5 Å². The van der Waals surface area contributed by atoms with E-state index >= 15 is 0 Å². The van der Waals surface area contributed by atoms with Crippen LogP contribution in [-0.4, -0.2) is 74.4 Å². The molecule has 2 aromatic carbocycles. The molecule has 0 saturated carbocycles. The first-order valence-electron chi connectivity index (χ1n) is 17.4. The summed E-state index contributed by atoms with van der Waals surface area (Å²) >= 11 is 0. The Labute approximate surface area is 329 Å². The van der Waals surface area contributed by atoms with E-state index in [0.717, 1.165) is 48.9 Å². The first-order chi connectivity index (χ1) is 25.5. The zero-order valence-corrected chi connectivity index (χ0v) is 37.8. The third-order valence-electron chi connectivity index (χ3n) is 7.94. The molecular formula is C38H63N2O8P5. The van der Waals surface area contributed by atoms with Gasteiger partial charge in [0, 0.05) is 13.0 Å². The van der Waals surface area contributed by atoms with Crippen LogP contribution >= 0.6 is 43.7 Å². The van der Waals surface area contributed by atoms with Crippen molar-refractivity contribution in [3.63, 3.8) is 0 Å². The molecule has 4 unspecified atom stereocenters. The van der Waals surface area contributed by atoms with Crippen LogP contribution in [-0.2, 0) is 32.3 Å². The molecule has 2 N–H and O–H groups in total. The van der Waals surface area contributed by atoms with Gasteiger partial charge in [0.25, 0.3) is 0 Å². The van der Waals surface area contributed by atoms with Crippen LogP contribution in [0.25, 0.3) is 0 Å². The number of hydrogen-bond acceptors (Lipinski definition) is 8. The lowest BCUT2D eigenvalue weighted by Gasteiger charge is -2.25. The Hall–Kier alpha value is -1.84. The van der Waals surface area contributed by atoms with Gasteiger partial charge in [-0.3, -0.25) is 9.69 Å². The van der Waals surface area contributed by atoms with Crippen LogP contribution in [0.2, 0.25) is 0 Å². The molecule has 1 saturated heterocycles. The van der Waals surface area contributed by atoms with Gasteiger partial charge in [0.15, 0.2) is 0 Å². The summed E-state index contributed by atoms with van der Waals surface area (Å²) in [4.78, 5) is 35.9. The number of amides is 3. The van der Waals surface area contributed by atoms with Gasteiger partial charge in [-0.2, -0.15) is 0 Å². The van der Waals surface area contributed by atoms with E-state index in [1.54, 1.807) is 14.2 Å². The van der Waals surface area contributed by atoms with Crippen molar-refractivity contribution in [2.45, 2.75) is 85.2 Å². The van der Waals surface area contributed by atoms with Crippen LogP contribution in [0.4, 0.5) is 4.79 Å². The molecule has 0 bridgehead atoms. The summed E-state index contributed by atoms with van der Waals surface area (Å²) in [6.45, 7) is 10.6. The predicted octanol–water partition coefficient (Wildman–Crippen LogP) is 8.30. The molecule has 10 nitrogen and oxygen atoms in total. The molecule has 0 aliphatic carbocycles. The van der Waals surface area contributed by atoms with E-state index in [1.807, 2.05) is 88.4 Å². The predicted molar refractivity (Wildman–Crippen MR) is 234 cm³/mol. The van der Waals surface area contributed by atoms with E-state index < -0.39 is 6.10 Å². The molecule has 3 amide bonds. The fourth-order valence-electron chi connectivity index (χ4n) is 4.84. The Morgan fingerprint density at radius 1 is 0.906 bits per heavy atom. The Bertz CT molecular complexity index is 1350. The molecule has 2 aromatic rings. The molecule has 0 radical (unpaired) electrons. The second-order valence-electron chi connectivity index (χ2n) is 12.4. The summed E-state index contributed by atoms with van der Waals surface area (Å²) in [5.41, 5.74) is 4.48. The average molecular weight is 831 g/mol. The summed E-state index contributed by atoms with van der Waals surface area (Å²) < 4.78 is 21.4. The maximum Gasteiger partial charge on any atom is 0.324 e. The molecule has 1 fully saturated rings. The lowest BCUT2D eigenvalue weighted by molar-refractivity contribution is -0.131. The molecule has 0 spiro atoms. The number of benzene rings is 2. The first-order valence-corrected chi connectivity index (χ1v) is 24.7. The number of urea groups is 1. The molecule has 1 heterocycles. The third kappa shape index (κ3) is 23.6. The van der Waals surface area contributed by atoms with Crippen molar-refractivity contribution in [2.75, 3.05) is 34.0 Å². The van der Waals surface area contributed by atoms with Crippen LogP contribution in [0.3, 0.4) is 0 Å². The van der Waals surface area contributed by atoms with Crippen LogP contribution in [0.1, 0.15) is 70.9 Å². The number of aldehydes is 1. The second kappa shape index (κ2) is 32.4. The van der Waals surface area contributed by atoms with Gasteiger partial charge in [-0.1, -0.05) is 69.4 Å². The standard InChI is InChI=1S/C23H34N2O5.C15H20O3.H5P3.H4P2/c1-16(2)21-14-24-23(28)25(21)22(27)13-19(26)8-5-17(3)11-12-30-15-18-6-9-20(29-4)10-7-18;1-13(4-3-10-16)9-11-18-12-14-5-7-15(17-2)8-6-14;1-3-2;1-2/h6-7,9-11,16,19,21,26H,5,8,12-15H2,1-4H3,(H,24,28);5-10H,3-4,11-12H2,1-2H3;3H,1-2H2;1-2H2/b17-11-;13-9-;;/t19-,21+;;;/m1.../s1. The maximum atomic E-state index is 12.5. The van der Waals surface area contributed by atoms with Gasteiger partial charge in [0.05, 0.1) is 59.2 Å². The lowest BCUT2D eigenvalue weighted by Crippen LogP contribution is -2.43. The molecule has 53 heavy (non-hydrogen) atoms. The Morgan fingerprint density at radius 2 is 1.36 bits per heavy atom. The minimum absolute atomic E-state index is 0.0438. The van der Waals surface area contributed by atoms with Gasteiger partial charge >= 0.3 is 6.03 Å². The topological polar surface area (TPSA) is 124 Å². The molecule has 1 aliphatic heterocycles. The molecular weight excluding hydrogens is 767 g/mol. The molecule has 3 rings (SSSR count). The smallest absolute Gasteiger partial charge is 0.324 e. The van der Waals surface area contributed by atoms with Gasteiger partial charge in [-0.15, -0.1) is 35.7 Å². The van der Waals surface area contributed by atoms with Gasteiger partial charge in [-0.05, 0) is 74.4 Å². The number of carbonyl (C=O) groups excluding carboxylic acids is 3. The SMILES string of the molecule is COc1ccc(COC/C=C(/C)CCC=O)cc1.COc1ccc(COC/C=C(/C)CC[C@@H](O)CC(=O)N2C(=O)NC[C@H]2C(C)C)cc1.PP.PPP. The average Bonchev–Trinajstić information content (AvgIpc) is 3.57. The number of allylic oxidation sites excluding steroid dienone is 2. The monoisotopic (exact) mass is 830 g/mol. The van der Waals surface area contributed by atoms with E-state index in [1.165, 1.54) is 10.5 Å². The highest BCUT2D eigenvalue weighted by Gasteiger charge is 2.37. The second-order valence-corrected chi connectivity index (χ2v) is 16.7. The summed E-state index contributed by atoms with van der Waals surface area (Å²) in [5.74, 6) is 1.52. The number of nitrogens with zero attached hydrogens (tertiary/aromatic N) is 1. The summed E-state index contributed by atoms with van der Waals surface area (Å²) in [5, 5.41) is 13.0. The maximum absolute atomic E-state index is 12.5. The minimum atomic E-state index is -0.776. The van der Waals surface area contributed by atoms with Gasteiger partial charge in [-0.25, -0.2) is 4.79 Å². The van der Waals surface area contributed by atoms with E-state index in [9.17, 15) is 19.5 Å². The quantitative estimate of drug-likeness (QED) is 0.0628. The molecule has 6 atom stereocenters. The number of aliphatic hydroxyl groups is 1. The number of hydrogen-bond donors (Lipinski definition) is 2. The van der Waals surface area contributed by atoms with E-state index in [2.05, 4.69) is 41.0 Å². The third-order valence-corrected chi connectivity index (χ3v) is 7.94. The van der Waals surface area contributed by atoms with E-state index in [4.69, 9.17) is 18.9 Å². The number of aliphatic hydroxyl groups excluding tert-OH is 1. The van der Waals surface area contributed by atoms with Crippen LogP contribution in [0, 0.1) is 5.92 Å². The van der Waals surface area contributed by atoms with Crippen LogP contribution < -0.4 is 14.8 Å². The molecule has 298 valence electrons. The van der Waals surface area contributed by atoms with Crippen LogP contribution in [0.5, 0.6) is 11.5 Å². The van der Waals surface area contributed by atoms with E-state index in [-0.39, 0.29) is 30.3 Å². The Morgan fingerprint density at radius 3 is 1.77 bits per heavy atom. The van der Waals surface area contributed by atoms with Crippen molar-refractivity contribution < 1.29 is 38.4 Å². The van der Waals surface area contributed by atoms with E-state index in [0.29, 0.717) is 52.2 Å². The van der Waals surface area contributed by atoms with Crippen molar-refractivity contribution in [1.82, 2.24) is 10.2 Å². The largest absolute Gasteiger partial charge is 0.497 e. The molecule has 1 aliphatic rings. The summed E-state index contributed by atoms with van der Waals surface area (Å²) in [6.07, 6.45) is 6.66. The molecule has 15 heteroatoms. The van der Waals surface area contributed by atoms with Gasteiger partial charge in [0.1, 0.15) is 17.8 Å². The van der Waals surface area contributed by atoms with Crippen molar-refractivity contribution in [1.29, 1.82) is 0 Å². The highest BCUT2D eigenvalue weighted by molar-refractivity contribution is 8.33. The summed E-state index contributed by atoms with van der Waals surface area (Å²) in [7, 11) is 14.0. The Balaban J connectivity index is 0.000000999. The minimum Gasteiger partial charge on any atom is -0.497 e. The molecule has 0 aromatic heterocycles. The highest BCUT2D eigenvalue weighted by Crippen LogP contribution is 2.28. The number of imide groups is 1. The zero-order chi connectivity index (χ0) is 40.0. The highest BCUT2D eigenvalue weighted by atomic mass is 32.4. The Kier molecular flexibility index (Phi) is 31.3. The van der Waals surface area contributed by atoms with Crippen molar-refractivity contribution in [3.05, 3.63) is 83.0 Å². The number of ether oxygens (including phenoxy) is 4. The number of nitrogens with one attached hydrogen (secondary N) is 1. The number of rotatable bonds is 19. The number of methoxy groups -OCH3 is 2. The first kappa shape index (κ1) is 51.2. The van der Waals surface area contributed by atoms with Crippen molar-refractivity contribution in [2.24, 2.45) is 5.92 Å². The lowest BCUT2D eigenvalue weighted by atomic mass is 10.0. The van der Waals surface area contributed by atoms with Gasteiger partial charge in [0.2, 0.25) is 5.91 Å². The fraction of sp³-hybridized carbons (Fsp3) is 0.500. The summed E-state index contributed by atoms with van der Waals surface area (Å²) in [6, 6.07) is 15.0. The normalized spacial score (nSPS) is 14.5.